The lowest BCUT2D eigenvalue weighted by atomic mass is 10.0. The molecule has 16 heteroatoms. The lowest BCUT2D eigenvalue weighted by Crippen LogP contribution is -2.70. The molecule has 2 amide bonds. The number of aliphatic carboxylic acids is 1. The third-order valence-electron chi connectivity index (χ3n) is 4.69. The zero-order valence-corrected chi connectivity index (χ0v) is 19.9. The molecule has 0 aliphatic carbocycles. The van der Waals surface area contributed by atoms with Gasteiger partial charge in [-0.15, -0.1) is 28.2 Å². The quantitative estimate of drug-likeness (QED) is 0.199. The largest absolute Gasteiger partial charge is 0.477 e. The van der Waals surface area contributed by atoms with Gasteiger partial charge in [0.25, 0.3) is 16.0 Å². The van der Waals surface area contributed by atoms with Gasteiger partial charge in [-0.1, -0.05) is 17.8 Å². The first kappa shape index (κ1) is 23.7. The summed E-state index contributed by atoms with van der Waals surface area (Å²) < 4.78 is 30.7. The SMILES string of the molecule is O=C(Cc1cccs1)NC1C(=O)N2C(C(=O)O)=C(CSc3n[nH]c(CS(=O)(=O)O)n3)CS[C@H]12. The van der Waals surface area contributed by atoms with E-state index in [0.717, 1.165) is 16.6 Å². The van der Waals surface area contributed by atoms with Crippen LogP contribution in [0.25, 0.3) is 0 Å². The summed E-state index contributed by atoms with van der Waals surface area (Å²) in [6, 6.07) is 2.86. The molecule has 2 atom stereocenters. The van der Waals surface area contributed by atoms with Crippen molar-refractivity contribution in [1.82, 2.24) is 25.4 Å². The molecule has 1 unspecified atom stereocenters. The van der Waals surface area contributed by atoms with Crippen molar-refractivity contribution in [3.05, 3.63) is 39.5 Å². The molecule has 4 rings (SSSR count). The van der Waals surface area contributed by atoms with Gasteiger partial charge >= 0.3 is 5.97 Å². The number of H-pyrrole nitrogens is 1. The fourth-order valence-corrected chi connectivity index (χ4v) is 6.80. The number of carboxylic acid groups (broad SMARTS) is 1. The van der Waals surface area contributed by atoms with Gasteiger partial charge in [0.1, 0.15) is 28.7 Å². The number of β-lactam (4-membered cyclic amide) rings is 1. The van der Waals surface area contributed by atoms with Gasteiger partial charge in [0.15, 0.2) is 0 Å². The number of aromatic amines is 1. The van der Waals surface area contributed by atoms with Crippen LogP contribution in [-0.4, -0.2) is 78.9 Å². The maximum atomic E-state index is 12.7. The second-order valence-corrected chi connectivity index (χ2v) is 11.6. The van der Waals surface area contributed by atoms with Crippen LogP contribution in [-0.2, 0) is 36.7 Å². The number of fused-ring (bicyclic) bond motifs is 1. The molecule has 1 fully saturated rings. The lowest BCUT2D eigenvalue weighted by Gasteiger charge is -2.49. The van der Waals surface area contributed by atoms with Gasteiger partial charge in [-0.25, -0.2) is 9.78 Å². The number of thiophene rings is 1. The number of carbonyl (C=O) groups is 3. The van der Waals surface area contributed by atoms with Crippen molar-refractivity contribution in [2.75, 3.05) is 11.5 Å². The summed E-state index contributed by atoms with van der Waals surface area (Å²) in [5.74, 6) is -2.34. The van der Waals surface area contributed by atoms with Crippen LogP contribution in [0.1, 0.15) is 10.7 Å². The standard InChI is InChI=1S/C17H17N5O7S4/c23-11(4-9-2-1-3-30-9)19-12-14(24)22-13(16(25)26)8(5-31-15(12)22)6-32-17-18-10(20-21-17)7-33(27,28)29/h1-3,12,15H,4-7H2,(H,19,23)(H,25,26)(H,18,20,21)(H,27,28,29)/t12?,15-/m1/s1. The minimum Gasteiger partial charge on any atom is -0.477 e. The highest BCUT2D eigenvalue weighted by Crippen LogP contribution is 2.41. The minimum atomic E-state index is -4.27. The Morgan fingerprint density at radius 1 is 1.39 bits per heavy atom. The van der Waals surface area contributed by atoms with Crippen molar-refractivity contribution in [3.63, 3.8) is 0 Å². The van der Waals surface area contributed by atoms with E-state index in [-0.39, 0.29) is 34.8 Å². The second-order valence-electron chi connectivity index (χ2n) is 7.05. The van der Waals surface area contributed by atoms with E-state index in [1.165, 1.54) is 28.0 Å². The number of nitrogens with zero attached hydrogens (tertiary/aromatic N) is 3. The summed E-state index contributed by atoms with van der Waals surface area (Å²) in [6.45, 7) is 0. The summed E-state index contributed by atoms with van der Waals surface area (Å²) in [4.78, 5) is 42.9. The average Bonchev–Trinajstić information content (AvgIpc) is 3.40. The number of rotatable bonds is 9. The molecule has 0 bridgehead atoms. The van der Waals surface area contributed by atoms with Gasteiger partial charge in [0, 0.05) is 16.4 Å². The Balaban J connectivity index is 1.41. The van der Waals surface area contributed by atoms with Crippen LogP contribution in [0.5, 0.6) is 0 Å². The number of aromatic nitrogens is 3. The van der Waals surface area contributed by atoms with Gasteiger partial charge in [-0.05, 0) is 17.0 Å². The number of thioether (sulfide) groups is 2. The van der Waals surface area contributed by atoms with Crippen molar-refractivity contribution in [3.8, 4) is 0 Å². The first-order valence-electron chi connectivity index (χ1n) is 9.33. The van der Waals surface area contributed by atoms with Crippen LogP contribution in [0.15, 0.2) is 33.9 Å². The Bertz CT molecular complexity index is 1220. The Morgan fingerprint density at radius 2 is 2.18 bits per heavy atom. The summed E-state index contributed by atoms with van der Waals surface area (Å²) in [5.41, 5.74) is 0.347. The van der Waals surface area contributed by atoms with E-state index in [1.807, 2.05) is 17.5 Å². The molecule has 33 heavy (non-hydrogen) atoms. The topological polar surface area (TPSA) is 183 Å². The van der Waals surface area contributed by atoms with Crippen molar-refractivity contribution < 1.29 is 32.5 Å². The van der Waals surface area contributed by atoms with Gasteiger partial charge in [-0.2, -0.15) is 8.42 Å². The van der Waals surface area contributed by atoms with Crippen LogP contribution in [0.4, 0.5) is 0 Å². The fraction of sp³-hybridized carbons (Fsp3) is 0.353. The van der Waals surface area contributed by atoms with Gasteiger partial charge in [0.05, 0.1) is 6.42 Å². The third kappa shape index (κ3) is 5.40. The predicted molar refractivity (Wildman–Crippen MR) is 120 cm³/mol. The van der Waals surface area contributed by atoms with Crippen LogP contribution >= 0.6 is 34.9 Å². The maximum absolute atomic E-state index is 12.7. The van der Waals surface area contributed by atoms with E-state index in [2.05, 4.69) is 20.5 Å². The highest BCUT2D eigenvalue weighted by Gasteiger charge is 2.54. The molecule has 4 heterocycles. The van der Waals surface area contributed by atoms with Crippen LogP contribution < -0.4 is 5.32 Å². The van der Waals surface area contributed by atoms with Gasteiger partial charge in [-0.3, -0.25) is 24.1 Å². The van der Waals surface area contributed by atoms with Crippen LogP contribution in [0.2, 0.25) is 0 Å². The molecule has 2 aromatic rings. The molecular formula is C17H17N5O7S4. The third-order valence-corrected chi connectivity index (χ3v) is 8.47. The molecule has 2 aromatic heterocycles. The Morgan fingerprint density at radius 3 is 2.85 bits per heavy atom. The Hall–Kier alpha value is -2.40. The number of amides is 2. The lowest BCUT2D eigenvalue weighted by molar-refractivity contribution is -0.150. The summed E-state index contributed by atoms with van der Waals surface area (Å²) in [6.07, 6.45) is 0.151. The molecule has 176 valence electrons. The van der Waals surface area contributed by atoms with Crippen molar-refractivity contribution in [2.45, 2.75) is 28.7 Å². The van der Waals surface area contributed by atoms with Crippen LogP contribution in [0, 0.1) is 0 Å². The first-order valence-corrected chi connectivity index (χ1v) is 13.9. The smallest absolute Gasteiger partial charge is 0.352 e. The van der Waals surface area contributed by atoms with Crippen molar-refractivity contribution >= 4 is 62.8 Å². The zero-order chi connectivity index (χ0) is 23.8. The normalized spacial score (nSPS) is 20.4. The highest BCUT2D eigenvalue weighted by molar-refractivity contribution is 8.01. The molecule has 2 aliphatic heterocycles. The molecular weight excluding hydrogens is 514 g/mol. The number of hydrogen-bond donors (Lipinski definition) is 4. The van der Waals surface area contributed by atoms with E-state index in [9.17, 15) is 27.9 Å². The van der Waals surface area contributed by atoms with Gasteiger partial charge in [0.2, 0.25) is 11.1 Å². The summed E-state index contributed by atoms with van der Waals surface area (Å²) in [5, 5.41) is 20.2. The van der Waals surface area contributed by atoms with E-state index >= 15 is 0 Å². The molecule has 2 aliphatic rings. The zero-order valence-electron chi connectivity index (χ0n) is 16.6. The molecule has 0 spiro atoms. The predicted octanol–water partition coefficient (Wildman–Crippen LogP) is 0.327. The Labute approximate surface area is 200 Å². The van der Waals surface area contributed by atoms with Gasteiger partial charge < -0.3 is 10.4 Å². The number of carboxylic acids is 1. The number of nitrogens with one attached hydrogen (secondary N) is 2. The molecule has 0 radical (unpaired) electrons. The van der Waals surface area contributed by atoms with Crippen molar-refractivity contribution in [1.29, 1.82) is 0 Å². The van der Waals surface area contributed by atoms with E-state index in [0.29, 0.717) is 11.3 Å². The molecule has 12 nitrogen and oxygen atoms in total. The second kappa shape index (κ2) is 9.46. The monoisotopic (exact) mass is 531 g/mol. The number of carbonyl (C=O) groups excluding carboxylic acids is 2. The minimum absolute atomic E-state index is 0.0513. The van der Waals surface area contributed by atoms with E-state index in [4.69, 9.17) is 4.55 Å². The highest BCUT2D eigenvalue weighted by atomic mass is 32.2. The van der Waals surface area contributed by atoms with Crippen LogP contribution in [0.3, 0.4) is 0 Å². The number of hydrogen-bond acceptors (Lipinski definition) is 10. The summed E-state index contributed by atoms with van der Waals surface area (Å²) in [7, 11) is -4.27. The van der Waals surface area contributed by atoms with E-state index < -0.39 is 39.2 Å². The first-order chi connectivity index (χ1) is 15.6. The fourth-order valence-electron chi connectivity index (χ4n) is 3.32. The molecule has 1 saturated heterocycles. The molecule has 0 saturated carbocycles. The summed E-state index contributed by atoms with van der Waals surface area (Å²) >= 11 is 3.85. The molecule has 0 aromatic carbocycles. The maximum Gasteiger partial charge on any atom is 0.352 e. The molecule has 4 N–H and O–H groups in total. The van der Waals surface area contributed by atoms with Crippen molar-refractivity contribution in [2.24, 2.45) is 0 Å². The average molecular weight is 532 g/mol. The Kier molecular flexibility index (Phi) is 6.81. The van der Waals surface area contributed by atoms with E-state index in [1.54, 1.807) is 0 Å².